The Morgan fingerprint density at radius 2 is 0.929 bits per heavy atom. The van der Waals surface area contributed by atoms with Gasteiger partial charge in [-0.1, -0.05) is 54.6 Å². The van der Waals surface area contributed by atoms with E-state index in [1.54, 1.807) is 0 Å². The Labute approximate surface area is 183 Å². The summed E-state index contributed by atoms with van der Waals surface area (Å²) in [4.78, 5) is 0. The largest absolute Gasteiger partial charge is 1.00 e. The van der Waals surface area contributed by atoms with Crippen LogP contribution in [-0.2, 0) is 0 Å². The van der Waals surface area contributed by atoms with Gasteiger partial charge in [-0.05, 0) is 55.2 Å². The van der Waals surface area contributed by atoms with Crippen LogP contribution in [0.25, 0.3) is 0 Å². The van der Waals surface area contributed by atoms with Gasteiger partial charge in [-0.15, -0.1) is 0 Å². The highest BCUT2D eigenvalue weighted by atomic mass is 127. The zero-order valence-corrected chi connectivity index (χ0v) is 18.6. The Hall–Kier alpha value is -1.32. The SMILES string of the molecule is FC1CC(C[P+](c2ccccc2)(c2ccccc2)c2ccccc2)CC1F.[I-]. The van der Waals surface area contributed by atoms with Crippen molar-refractivity contribution in [2.75, 3.05) is 6.16 Å². The molecule has 1 aliphatic rings. The number of benzene rings is 3. The van der Waals surface area contributed by atoms with Crippen LogP contribution in [0, 0.1) is 5.92 Å². The molecule has 1 saturated carbocycles. The van der Waals surface area contributed by atoms with Crippen molar-refractivity contribution in [2.45, 2.75) is 25.2 Å². The van der Waals surface area contributed by atoms with Crippen LogP contribution in [0.1, 0.15) is 12.8 Å². The highest BCUT2D eigenvalue weighted by molar-refractivity contribution is 7.95. The molecule has 4 rings (SSSR count). The summed E-state index contributed by atoms with van der Waals surface area (Å²) >= 11 is 0. The predicted molar refractivity (Wildman–Crippen MR) is 113 cm³/mol. The highest BCUT2D eigenvalue weighted by Gasteiger charge is 2.49. The average Bonchev–Trinajstić information content (AvgIpc) is 3.05. The molecule has 4 heteroatoms. The van der Waals surface area contributed by atoms with Gasteiger partial charge in [0.15, 0.2) is 0 Å². The summed E-state index contributed by atoms with van der Waals surface area (Å²) in [6.07, 6.45) is -1.17. The fourth-order valence-corrected chi connectivity index (χ4v) is 9.02. The number of alkyl halides is 2. The first-order valence-electron chi connectivity index (χ1n) is 9.53. The summed E-state index contributed by atoms with van der Waals surface area (Å²) in [5.41, 5.74) is 0. The van der Waals surface area contributed by atoms with Crippen LogP contribution in [0.3, 0.4) is 0 Å². The third-order valence-electron chi connectivity index (χ3n) is 5.63. The molecule has 0 aromatic heterocycles. The second-order valence-corrected chi connectivity index (χ2v) is 10.9. The molecule has 1 fully saturated rings. The number of rotatable bonds is 5. The first-order valence-corrected chi connectivity index (χ1v) is 11.5. The lowest BCUT2D eigenvalue weighted by atomic mass is 10.1. The second-order valence-electron chi connectivity index (χ2n) is 7.37. The van der Waals surface area contributed by atoms with E-state index in [9.17, 15) is 8.78 Å². The lowest BCUT2D eigenvalue weighted by Crippen LogP contribution is -3.00. The molecule has 0 radical (unpaired) electrons. The molecule has 2 atom stereocenters. The molecule has 0 N–H and O–H groups in total. The van der Waals surface area contributed by atoms with Crippen LogP contribution >= 0.6 is 7.26 Å². The second kappa shape index (κ2) is 9.45. The van der Waals surface area contributed by atoms with Crippen molar-refractivity contribution in [3.63, 3.8) is 0 Å². The lowest BCUT2D eigenvalue weighted by Gasteiger charge is -2.29. The van der Waals surface area contributed by atoms with Gasteiger partial charge in [-0.3, -0.25) is 0 Å². The van der Waals surface area contributed by atoms with Gasteiger partial charge in [0.05, 0.1) is 6.16 Å². The topological polar surface area (TPSA) is 0 Å². The summed E-state index contributed by atoms with van der Waals surface area (Å²) in [6.45, 7) is 0. The first kappa shape index (κ1) is 21.4. The maximum atomic E-state index is 14.0. The minimum atomic E-state index is -1.99. The molecule has 3 aromatic carbocycles. The van der Waals surface area contributed by atoms with E-state index in [0.29, 0.717) is 12.8 Å². The predicted octanol–water partition coefficient (Wildman–Crippen LogP) is 2.07. The van der Waals surface area contributed by atoms with E-state index in [-0.39, 0.29) is 29.9 Å². The zero-order valence-electron chi connectivity index (χ0n) is 15.6. The number of hydrogen-bond acceptors (Lipinski definition) is 0. The molecule has 1 aliphatic carbocycles. The summed E-state index contributed by atoms with van der Waals surface area (Å²) < 4.78 is 28.0. The zero-order chi connectivity index (χ0) is 18.7. The van der Waals surface area contributed by atoms with Crippen LogP contribution in [-0.4, -0.2) is 18.5 Å². The molecule has 0 spiro atoms. The molecule has 146 valence electrons. The summed E-state index contributed by atoms with van der Waals surface area (Å²) in [7, 11) is -1.99. The van der Waals surface area contributed by atoms with Crippen molar-refractivity contribution < 1.29 is 32.8 Å². The minimum absolute atomic E-state index is 0. The Balaban J connectivity index is 0.00000225. The van der Waals surface area contributed by atoms with Crippen LogP contribution in [0.15, 0.2) is 91.0 Å². The van der Waals surface area contributed by atoms with Gasteiger partial charge in [0.25, 0.3) is 0 Å². The third-order valence-corrected chi connectivity index (χ3v) is 10.2. The van der Waals surface area contributed by atoms with Gasteiger partial charge in [-0.2, -0.15) is 0 Å². The fraction of sp³-hybridized carbons (Fsp3) is 0.250. The van der Waals surface area contributed by atoms with E-state index in [0.717, 1.165) is 6.16 Å². The van der Waals surface area contributed by atoms with Crippen LogP contribution in [0.5, 0.6) is 0 Å². The Kier molecular flexibility index (Phi) is 7.22. The van der Waals surface area contributed by atoms with Crippen molar-refractivity contribution in [2.24, 2.45) is 5.92 Å². The van der Waals surface area contributed by atoms with Crippen LogP contribution < -0.4 is 39.9 Å². The quantitative estimate of drug-likeness (QED) is 0.366. The monoisotopic (exact) mass is 508 g/mol. The number of hydrogen-bond donors (Lipinski definition) is 0. The number of halogens is 3. The smallest absolute Gasteiger partial charge is 0.132 e. The van der Waals surface area contributed by atoms with E-state index in [2.05, 4.69) is 72.8 Å². The Morgan fingerprint density at radius 3 is 1.25 bits per heavy atom. The summed E-state index contributed by atoms with van der Waals surface area (Å²) in [5.74, 6) is 0.0592. The van der Waals surface area contributed by atoms with Crippen molar-refractivity contribution in [1.29, 1.82) is 0 Å². The maximum Gasteiger partial charge on any atom is 0.132 e. The van der Waals surface area contributed by atoms with Gasteiger partial charge in [-0.25, -0.2) is 8.78 Å². The highest BCUT2D eigenvalue weighted by Crippen LogP contribution is 2.58. The average molecular weight is 508 g/mol. The lowest BCUT2D eigenvalue weighted by molar-refractivity contribution is -0.00000661. The molecule has 0 bridgehead atoms. The summed E-state index contributed by atoms with van der Waals surface area (Å²) in [5, 5.41) is 3.83. The van der Waals surface area contributed by atoms with Gasteiger partial charge >= 0.3 is 0 Å². The Bertz CT molecular complexity index is 751. The summed E-state index contributed by atoms with van der Waals surface area (Å²) in [6, 6.07) is 31.6. The van der Waals surface area contributed by atoms with Gasteiger partial charge in [0.1, 0.15) is 35.5 Å². The first-order chi connectivity index (χ1) is 13.2. The maximum absolute atomic E-state index is 14.0. The molecular formula is C24H24F2IP. The van der Waals surface area contributed by atoms with Crippen LogP contribution in [0.4, 0.5) is 8.78 Å². The Morgan fingerprint density at radius 1 is 0.607 bits per heavy atom. The van der Waals surface area contributed by atoms with E-state index in [1.807, 2.05) is 18.2 Å². The molecular weight excluding hydrogens is 484 g/mol. The van der Waals surface area contributed by atoms with Crippen LogP contribution in [0.2, 0.25) is 0 Å². The van der Waals surface area contributed by atoms with E-state index < -0.39 is 19.6 Å². The van der Waals surface area contributed by atoms with Gasteiger partial charge in [0.2, 0.25) is 0 Å². The third kappa shape index (κ3) is 4.16. The van der Waals surface area contributed by atoms with E-state index in [1.165, 1.54) is 15.9 Å². The minimum Gasteiger partial charge on any atom is -1.00 e. The molecule has 0 heterocycles. The molecule has 28 heavy (non-hydrogen) atoms. The van der Waals surface area contributed by atoms with E-state index in [4.69, 9.17) is 0 Å². The molecule has 2 unspecified atom stereocenters. The molecule has 0 aliphatic heterocycles. The van der Waals surface area contributed by atoms with Crippen molar-refractivity contribution in [1.82, 2.24) is 0 Å². The van der Waals surface area contributed by atoms with Crippen molar-refractivity contribution in [3.8, 4) is 0 Å². The standard InChI is InChI=1S/C24H24F2P.HI/c25-23-16-19(17-24(23)26)18-27(20-10-4-1-5-11-20,21-12-6-2-7-13-21)22-14-8-3-9-15-22;/h1-15,19,23-24H,16-18H2;1H/q+1;/p-1. The van der Waals surface area contributed by atoms with Gasteiger partial charge in [0, 0.05) is 0 Å². The molecule has 3 aromatic rings. The normalized spacial score (nSPS) is 21.9. The molecule has 0 amide bonds. The van der Waals surface area contributed by atoms with Crippen molar-refractivity contribution >= 4 is 23.2 Å². The fourth-order valence-electron chi connectivity index (χ4n) is 4.38. The molecule has 0 nitrogen and oxygen atoms in total. The van der Waals surface area contributed by atoms with E-state index >= 15 is 0 Å². The van der Waals surface area contributed by atoms with Crippen molar-refractivity contribution in [3.05, 3.63) is 91.0 Å². The molecule has 0 saturated heterocycles. The van der Waals surface area contributed by atoms with Gasteiger partial charge < -0.3 is 24.0 Å².